The van der Waals surface area contributed by atoms with E-state index in [-0.39, 0.29) is 0 Å². The molecule has 0 aliphatic rings. The zero-order valence-corrected chi connectivity index (χ0v) is 21.0. The van der Waals surface area contributed by atoms with E-state index in [1.54, 1.807) is 6.21 Å². The number of furan rings is 1. The third-order valence-corrected chi connectivity index (χ3v) is 6.71. The Morgan fingerprint density at radius 1 is 0.816 bits per heavy atom. The number of para-hydroxylation sites is 1. The van der Waals surface area contributed by atoms with Crippen molar-refractivity contribution in [1.82, 2.24) is 4.57 Å². The van der Waals surface area contributed by atoms with Crippen LogP contribution in [0.1, 0.15) is 22.3 Å². The van der Waals surface area contributed by atoms with Crippen LogP contribution >= 0.6 is 0 Å². The van der Waals surface area contributed by atoms with Crippen molar-refractivity contribution in [2.24, 2.45) is 4.99 Å². The van der Waals surface area contributed by atoms with Gasteiger partial charge in [-0.15, -0.1) is 0 Å². The van der Waals surface area contributed by atoms with Gasteiger partial charge in [-0.05, 0) is 24.1 Å². The molecule has 0 amide bonds. The normalized spacial score (nSPS) is 11.3. The minimum atomic E-state index is 0.306. The third-order valence-electron chi connectivity index (χ3n) is 6.71. The second-order valence-electron chi connectivity index (χ2n) is 9.30. The lowest BCUT2D eigenvalue weighted by Crippen LogP contribution is -1.97. The highest BCUT2D eigenvalue weighted by Gasteiger charge is 2.22. The number of aromatic nitrogens is 1. The van der Waals surface area contributed by atoms with Gasteiger partial charge in [0.15, 0.2) is 0 Å². The van der Waals surface area contributed by atoms with Crippen molar-refractivity contribution in [2.75, 3.05) is 0 Å². The molecule has 0 fully saturated rings. The molecular weight excluding hydrogens is 466 g/mol. The Balaban J connectivity index is 1.44. The SMILES string of the molecule is Cc1ccc(Cn2cc(C=Nc3oc(-c4ccccc4)c(-c4ccccc4)c3C#N)c3ccccc32)cc1. The number of aliphatic imine (C=N–C) groups is 1. The Hall–Kier alpha value is -5.14. The van der Waals surface area contributed by atoms with E-state index in [2.05, 4.69) is 60.2 Å². The van der Waals surface area contributed by atoms with Crippen molar-refractivity contribution < 1.29 is 4.42 Å². The van der Waals surface area contributed by atoms with E-state index in [1.165, 1.54) is 11.1 Å². The van der Waals surface area contributed by atoms with Gasteiger partial charge >= 0.3 is 0 Å². The average Bonchev–Trinajstić information content (AvgIpc) is 3.52. The number of nitriles is 1. The number of fused-ring (bicyclic) bond motifs is 1. The molecule has 2 aromatic heterocycles. The zero-order chi connectivity index (χ0) is 25.9. The summed E-state index contributed by atoms with van der Waals surface area (Å²) in [5, 5.41) is 11.3. The number of nitrogens with zero attached hydrogens (tertiary/aromatic N) is 3. The summed E-state index contributed by atoms with van der Waals surface area (Å²) in [6.07, 6.45) is 3.91. The van der Waals surface area contributed by atoms with Crippen LogP contribution in [0, 0.1) is 18.3 Å². The zero-order valence-electron chi connectivity index (χ0n) is 21.0. The van der Waals surface area contributed by atoms with Gasteiger partial charge in [-0.2, -0.15) is 5.26 Å². The lowest BCUT2D eigenvalue weighted by atomic mass is 9.98. The van der Waals surface area contributed by atoms with E-state index in [1.807, 2.05) is 72.8 Å². The Bertz CT molecular complexity index is 1780. The summed E-state index contributed by atoms with van der Waals surface area (Å²) >= 11 is 0. The minimum absolute atomic E-state index is 0.306. The Morgan fingerprint density at radius 2 is 1.47 bits per heavy atom. The third kappa shape index (κ3) is 4.42. The van der Waals surface area contributed by atoms with Crippen LogP contribution in [0.15, 0.2) is 125 Å². The van der Waals surface area contributed by atoms with E-state index >= 15 is 0 Å². The summed E-state index contributed by atoms with van der Waals surface area (Å²) in [6.45, 7) is 2.86. The highest BCUT2D eigenvalue weighted by molar-refractivity contribution is 6.00. The maximum atomic E-state index is 10.2. The number of hydrogen-bond acceptors (Lipinski definition) is 3. The molecular formula is C34H25N3O. The molecule has 4 aromatic carbocycles. The smallest absolute Gasteiger partial charge is 0.238 e. The van der Waals surface area contributed by atoms with E-state index in [0.717, 1.165) is 39.7 Å². The molecule has 6 aromatic rings. The van der Waals surface area contributed by atoms with Gasteiger partial charge in [0.1, 0.15) is 17.4 Å². The second-order valence-corrected chi connectivity index (χ2v) is 9.30. The Labute approximate surface area is 221 Å². The van der Waals surface area contributed by atoms with Crippen molar-refractivity contribution in [1.29, 1.82) is 5.26 Å². The maximum Gasteiger partial charge on any atom is 0.238 e. The monoisotopic (exact) mass is 491 g/mol. The molecule has 0 aliphatic carbocycles. The molecule has 0 bridgehead atoms. The second kappa shape index (κ2) is 10.1. The summed E-state index contributed by atoms with van der Waals surface area (Å²) in [5.41, 5.74) is 7.58. The topological polar surface area (TPSA) is 54.2 Å². The van der Waals surface area contributed by atoms with Crippen LogP contribution in [-0.2, 0) is 6.54 Å². The van der Waals surface area contributed by atoms with Crippen molar-refractivity contribution in [2.45, 2.75) is 13.5 Å². The first-order valence-corrected chi connectivity index (χ1v) is 12.6. The van der Waals surface area contributed by atoms with Crippen LogP contribution < -0.4 is 0 Å². The number of aryl methyl sites for hydroxylation is 1. The van der Waals surface area contributed by atoms with Crippen LogP contribution in [0.3, 0.4) is 0 Å². The summed E-state index contributed by atoms with van der Waals surface area (Å²) < 4.78 is 8.53. The van der Waals surface area contributed by atoms with Crippen LogP contribution in [0.4, 0.5) is 5.88 Å². The van der Waals surface area contributed by atoms with Gasteiger partial charge in [0, 0.05) is 46.5 Å². The molecule has 0 radical (unpaired) electrons. The van der Waals surface area contributed by atoms with Crippen LogP contribution in [0.2, 0.25) is 0 Å². The fraction of sp³-hybridized carbons (Fsp3) is 0.0588. The fourth-order valence-electron chi connectivity index (χ4n) is 4.81. The number of benzene rings is 4. The summed E-state index contributed by atoms with van der Waals surface area (Å²) in [7, 11) is 0. The van der Waals surface area contributed by atoms with Crippen molar-refractivity contribution >= 4 is 23.0 Å². The first-order valence-electron chi connectivity index (χ1n) is 12.6. The molecule has 6 rings (SSSR count). The summed E-state index contributed by atoms with van der Waals surface area (Å²) in [6, 6.07) is 39.0. The standard InChI is InChI=1S/C34H25N3O/c1-24-16-18-25(19-17-24)22-37-23-28(29-14-8-9-15-31(29)37)21-36-34-30(20-35)32(26-10-4-2-5-11-26)33(38-34)27-12-6-3-7-13-27/h2-19,21,23H,22H2,1H3. The van der Waals surface area contributed by atoms with Gasteiger partial charge in [-0.1, -0.05) is 109 Å². The molecule has 0 unspecified atom stereocenters. The fourth-order valence-corrected chi connectivity index (χ4v) is 4.81. The molecule has 0 N–H and O–H groups in total. The van der Waals surface area contributed by atoms with Gasteiger partial charge in [-0.25, -0.2) is 4.99 Å². The van der Waals surface area contributed by atoms with Crippen LogP contribution in [-0.4, -0.2) is 10.8 Å². The minimum Gasteiger partial charge on any atom is -0.436 e. The van der Waals surface area contributed by atoms with Gasteiger partial charge in [0.25, 0.3) is 0 Å². The first-order chi connectivity index (χ1) is 18.7. The van der Waals surface area contributed by atoms with E-state index in [4.69, 9.17) is 9.41 Å². The van der Waals surface area contributed by atoms with Crippen molar-refractivity contribution in [3.63, 3.8) is 0 Å². The first kappa shape index (κ1) is 23.3. The predicted molar refractivity (Wildman–Crippen MR) is 154 cm³/mol. The molecule has 0 spiro atoms. The van der Waals surface area contributed by atoms with Crippen molar-refractivity contribution in [3.05, 3.63) is 138 Å². The molecule has 4 heteroatoms. The molecule has 182 valence electrons. The molecule has 0 atom stereocenters. The van der Waals surface area contributed by atoms with E-state index in [9.17, 15) is 5.26 Å². The number of hydrogen-bond donors (Lipinski definition) is 0. The molecule has 0 aliphatic heterocycles. The average molecular weight is 492 g/mol. The maximum absolute atomic E-state index is 10.2. The molecule has 38 heavy (non-hydrogen) atoms. The molecule has 0 saturated heterocycles. The summed E-state index contributed by atoms with van der Waals surface area (Å²) in [4.78, 5) is 4.73. The Morgan fingerprint density at radius 3 is 2.18 bits per heavy atom. The largest absolute Gasteiger partial charge is 0.436 e. The number of rotatable bonds is 6. The Kier molecular flexibility index (Phi) is 6.17. The van der Waals surface area contributed by atoms with Gasteiger partial charge in [0.05, 0.1) is 0 Å². The summed E-state index contributed by atoms with van der Waals surface area (Å²) in [5.74, 6) is 0.947. The van der Waals surface area contributed by atoms with E-state index < -0.39 is 0 Å². The quantitative estimate of drug-likeness (QED) is 0.219. The van der Waals surface area contributed by atoms with Gasteiger partial charge in [0.2, 0.25) is 5.88 Å². The van der Waals surface area contributed by atoms with E-state index in [0.29, 0.717) is 17.2 Å². The molecule has 4 nitrogen and oxygen atoms in total. The van der Waals surface area contributed by atoms with Crippen LogP contribution in [0.25, 0.3) is 33.4 Å². The van der Waals surface area contributed by atoms with Crippen molar-refractivity contribution in [3.8, 4) is 28.5 Å². The molecule has 2 heterocycles. The lowest BCUT2D eigenvalue weighted by Gasteiger charge is -2.06. The van der Waals surface area contributed by atoms with Crippen LogP contribution in [0.5, 0.6) is 0 Å². The lowest BCUT2D eigenvalue weighted by molar-refractivity contribution is 0.593. The predicted octanol–water partition coefficient (Wildman–Crippen LogP) is 8.55. The van der Waals surface area contributed by atoms with Gasteiger partial charge < -0.3 is 8.98 Å². The molecule has 0 saturated carbocycles. The van der Waals surface area contributed by atoms with Gasteiger partial charge in [-0.3, -0.25) is 0 Å². The highest BCUT2D eigenvalue weighted by Crippen LogP contribution is 2.42. The highest BCUT2D eigenvalue weighted by atomic mass is 16.4.